The maximum absolute atomic E-state index is 13.5. The number of carbonyl (C=O) groups is 1. The third-order valence-corrected chi connectivity index (χ3v) is 8.63. The van der Waals surface area contributed by atoms with Gasteiger partial charge >= 0.3 is 16.3 Å². The summed E-state index contributed by atoms with van der Waals surface area (Å²) in [5.41, 5.74) is 2.49. The highest BCUT2D eigenvalue weighted by molar-refractivity contribution is 7.87. The zero-order valence-electron chi connectivity index (χ0n) is 18.2. The molecule has 3 aromatic carbocycles. The SMILES string of the molecule is O=C(OCc1ccccc1)N1C[C@H]2CCC(c3ccccc3)(c3ccccc3)CN2S1(=O)=O. The van der Waals surface area contributed by atoms with Crippen LogP contribution in [0.2, 0.25) is 0 Å². The van der Waals surface area contributed by atoms with Crippen molar-refractivity contribution in [1.29, 1.82) is 0 Å². The molecule has 0 unspecified atom stereocenters. The molecule has 0 spiro atoms. The summed E-state index contributed by atoms with van der Waals surface area (Å²) in [4.78, 5) is 12.8. The molecule has 33 heavy (non-hydrogen) atoms. The summed E-state index contributed by atoms with van der Waals surface area (Å²) in [6.45, 7) is 0.445. The molecule has 5 rings (SSSR count). The van der Waals surface area contributed by atoms with Crippen LogP contribution in [0.25, 0.3) is 0 Å². The van der Waals surface area contributed by atoms with E-state index in [0.717, 1.165) is 27.4 Å². The fourth-order valence-corrected chi connectivity index (χ4v) is 6.80. The first-order valence-electron chi connectivity index (χ1n) is 11.1. The van der Waals surface area contributed by atoms with Crippen molar-refractivity contribution in [1.82, 2.24) is 8.61 Å². The van der Waals surface area contributed by atoms with Crippen LogP contribution < -0.4 is 0 Å². The van der Waals surface area contributed by atoms with Gasteiger partial charge in [-0.25, -0.2) is 4.79 Å². The summed E-state index contributed by atoms with van der Waals surface area (Å²) in [6.07, 6.45) is 0.633. The Morgan fingerprint density at radius 2 is 1.42 bits per heavy atom. The van der Waals surface area contributed by atoms with Crippen LogP contribution >= 0.6 is 0 Å². The van der Waals surface area contributed by atoms with Gasteiger partial charge in [0.05, 0.1) is 6.54 Å². The van der Waals surface area contributed by atoms with E-state index in [-0.39, 0.29) is 25.7 Å². The molecule has 0 bridgehead atoms. The number of nitrogens with zero attached hydrogens (tertiary/aromatic N) is 2. The minimum Gasteiger partial charge on any atom is -0.444 e. The molecule has 2 heterocycles. The molecule has 1 amide bonds. The summed E-state index contributed by atoms with van der Waals surface area (Å²) < 4.78 is 34.7. The van der Waals surface area contributed by atoms with E-state index in [0.29, 0.717) is 6.42 Å². The highest BCUT2D eigenvalue weighted by atomic mass is 32.2. The van der Waals surface area contributed by atoms with Gasteiger partial charge < -0.3 is 4.74 Å². The first kappa shape index (κ1) is 21.7. The van der Waals surface area contributed by atoms with Gasteiger partial charge in [0, 0.05) is 18.0 Å². The number of rotatable bonds is 4. The van der Waals surface area contributed by atoms with Gasteiger partial charge in [-0.3, -0.25) is 0 Å². The topological polar surface area (TPSA) is 66.9 Å². The van der Waals surface area contributed by atoms with E-state index >= 15 is 0 Å². The Labute approximate surface area is 194 Å². The largest absolute Gasteiger partial charge is 0.444 e. The Kier molecular flexibility index (Phi) is 5.68. The number of carbonyl (C=O) groups excluding carboxylic acids is 1. The maximum atomic E-state index is 13.5. The van der Waals surface area contributed by atoms with E-state index in [2.05, 4.69) is 24.3 Å². The quantitative estimate of drug-likeness (QED) is 0.579. The fourth-order valence-electron chi connectivity index (χ4n) is 5.01. The minimum atomic E-state index is -3.99. The van der Waals surface area contributed by atoms with Gasteiger partial charge in [0.2, 0.25) is 0 Å². The second kappa shape index (κ2) is 8.65. The number of benzene rings is 3. The summed E-state index contributed by atoms with van der Waals surface area (Å²) >= 11 is 0. The van der Waals surface area contributed by atoms with E-state index < -0.39 is 21.7 Å². The molecule has 0 aromatic heterocycles. The molecule has 2 aliphatic heterocycles. The van der Waals surface area contributed by atoms with Gasteiger partial charge in [0.1, 0.15) is 6.61 Å². The fraction of sp³-hybridized carbons (Fsp3) is 0.269. The molecule has 0 saturated carbocycles. The molecule has 3 aromatic rings. The highest BCUT2D eigenvalue weighted by Crippen LogP contribution is 2.45. The summed E-state index contributed by atoms with van der Waals surface area (Å²) in [6, 6.07) is 29.1. The lowest BCUT2D eigenvalue weighted by Gasteiger charge is -2.43. The Hall–Kier alpha value is -3.16. The number of fused-ring (bicyclic) bond motifs is 1. The van der Waals surface area contributed by atoms with Crippen molar-refractivity contribution in [2.75, 3.05) is 13.1 Å². The van der Waals surface area contributed by atoms with E-state index in [1.165, 1.54) is 4.31 Å². The summed E-state index contributed by atoms with van der Waals surface area (Å²) in [7, 11) is -3.99. The number of hydrogen-bond donors (Lipinski definition) is 0. The van der Waals surface area contributed by atoms with Crippen molar-refractivity contribution in [3.05, 3.63) is 108 Å². The molecular weight excluding hydrogens is 436 g/mol. The molecule has 7 heteroatoms. The molecular formula is C26H26N2O4S. The van der Waals surface area contributed by atoms with Crippen LogP contribution in [0, 0.1) is 0 Å². The number of amides is 1. The number of piperidine rings is 1. The van der Waals surface area contributed by atoms with Crippen molar-refractivity contribution in [2.24, 2.45) is 0 Å². The smallest absolute Gasteiger partial charge is 0.424 e. The van der Waals surface area contributed by atoms with Crippen molar-refractivity contribution in [3.63, 3.8) is 0 Å². The van der Waals surface area contributed by atoms with Crippen LogP contribution in [-0.4, -0.2) is 42.3 Å². The lowest BCUT2D eigenvalue weighted by molar-refractivity contribution is 0.119. The third-order valence-electron chi connectivity index (χ3n) is 6.75. The Morgan fingerprint density at radius 1 is 0.879 bits per heavy atom. The molecule has 0 aliphatic carbocycles. The number of ether oxygens (including phenoxy) is 1. The Morgan fingerprint density at radius 3 is 2.00 bits per heavy atom. The van der Waals surface area contributed by atoms with Gasteiger partial charge in [0.15, 0.2) is 0 Å². The monoisotopic (exact) mass is 462 g/mol. The Balaban J connectivity index is 1.42. The average Bonchev–Trinajstić information content (AvgIpc) is 3.14. The first-order valence-corrected chi connectivity index (χ1v) is 12.5. The zero-order valence-corrected chi connectivity index (χ0v) is 19.0. The molecule has 0 radical (unpaired) electrons. The van der Waals surface area contributed by atoms with Crippen LogP contribution in [0.1, 0.15) is 29.5 Å². The van der Waals surface area contributed by atoms with E-state index in [9.17, 15) is 13.2 Å². The average molecular weight is 463 g/mol. The molecule has 6 nitrogen and oxygen atoms in total. The van der Waals surface area contributed by atoms with E-state index in [1.807, 2.05) is 66.7 Å². The maximum Gasteiger partial charge on any atom is 0.424 e. The molecule has 1 atom stereocenters. The standard InChI is InChI=1S/C26H26N2O4S/c29-25(32-19-21-10-4-1-5-11-21)27-18-24-16-17-26(20-28(24)33(27,30)31,22-12-6-2-7-13-22)23-14-8-3-9-15-23/h1-15,24H,16-20H2/t24-/m1/s1. The Bertz CT molecular complexity index is 1180. The van der Waals surface area contributed by atoms with E-state index in [4.69, 9.17) is 4.74 Å². The normalized spacial score (nSPS) is 21.3. The zero-order chi connectivity index (χ0) is 22.9. The van der Waals surface area contributed by atoms with Crippen molar-refractivity contribution in [3.8, 4) is 0 Å². The van der Waals surface area contributed by atoms with Crippen LogP contribution in [0.3, 0.4) is 0 Å². The molecule has 170 valence electrons. The van der Waals surface area contributed by atoms with Gasteiger partial charge in [0.25, 0.3) is 0 Å². The van der Waals surface area contributed by atoms with Gasteiger partial charge in [-0.1, -0.05) is 91.0 Å². The second-order valence-corrected chi connectivity index (χ2v) is 10.4. The predicted molar refractivity (Wildman–Crippen MR) is 126 cm³/mol. The lowest BCUT2D eigenvalue weighted by Crippen LogP contribution is -2.51. The van der Waals surface area contributed by atoms with Crippen molar-refractivity contribution < 1.29 is 17.9 Å². The molecule has 2 aliphatic rings. The number of hydrogen-bond acceptors (Lipinski definition) is 4. The summed E-state index contributed by atoms with van der Waals surface area (Å²) in [5, 5.41) is 0. The van der Waals surface area contributed by atoms with Crippen molar-refractivity contribution in [2.45, 2.75) is 30.9 Å². The summed E-state index contributed by atoms with van der Waals surface area (Å²) in [5.74, 6) is 0. The van der Waals surface area contributed by atoms with Crippen LogP contribution in [-0.2, 0) is 27.0 Å². The minimum absolute atomic E-state index is 0.0360. The molecule has 0 N–H and O–H groups in total. The van der Waals surface area contributed by atoms with Crippen LogP contribution in [0.5, 0.6) is 0 Å². The predicted octanol–water partition coefficient (Wildman–Crippen LogP) is 4.33. The van der Waals surface area contributed by atoms with Gasteiger partial charge in [-0.05, 0) is 29.5 Å². The van der Waals surface area contributed by atoms with Gasteiger partial charge in [-0.2, -0.15) is 17.0 Å². The first-order chi connectivity index (χ1) is 16.0. The second-order valence-electron chi connectivity index (χ2n) is 8.63. The molecule has 2 fully saturated rings. The van der Waals surface area contributed by atoms with Gasteiger partial charge in [-0.15, -0.1) is 0 Å². The van der Waals surface area contributed by atoms with Crippen molar-refractivity contribution >= 4 is 16.3 Å². The highest BCUT2D eigenvalue weighted by Gasteiger charge is 2.54. The van der Waals surface area contributed by atoms with Crippen LogP contribution in [0.15, 0.2) is 91.0 Å². The molecule has 2 saturated heterocycles. The van der Waals surface area contributed by atoms with E-state index in [1.54, 1.807) is 0 Å². The third kappa shape index (κ3) is 3.92. The lowest BCUT2D eigenvalue weighted by atomic mass is 9.68. The van der Waals surface area contributed by atoms with Crippen LogP contribution in [0.4, 0.5) is 4.79 Å².